The summed E-state index contributed by atoms with van der Waals surface area (Å²) in [5.41, 5.74) is -1.11. The van der Waals surface area contributed by atoms with Gasteiger partial charge in [0.15, 0.2) is 11.8 Å². The molecule has 0 aromatic heterocycles. The fourth-order valence-electron chi connectivity index (χ4n) is 10.8. The fourth-order valence-corrected chi connectivity index (χ4v) is 10.8. The second-order valence-corrected chi connectivity index (χ2v) is 21.8. The van der Waals surface area contributed by atoms with Gasteiger partial charge in [0.05, 0.1) is 19.2 Å². The number of carbonyl (C=O) groups excluding carboxylic acids is 6. The van der Waals surface area contributed by atoms with Crippen LogP contribution in [0, 0.1) is 10.8 Å². The van der Waals surface area contributed by atoms with Crippen LogP contribution in [0.5, 0.6) is 0 Å². The third-order valence-corrected chi connectivity index (χ3v) is 14.5. The van der Waals surface area contributed by atoms with Gasteiger partial charge in [-0.3, -0.25) is 24.0 Å². The molecule has 4 heterocycles. The van der Waals surface area contributed by atoms with Crippen LogP contribution in [0.25, 0.3) is 6.08 Å². The molecule has 2 amide bonds. The Morgan fingerprint density at radius 3 is 2.24 bits per heavy atom. The lowest BCUT2D eigenvalue weighted by Crippen LogP contribution is -2.70. The summed E-state index contributed by atoms with van der Waals surface area (Å²) in [6.07, 6.45) is 5.01. The highest BCUT2D eigenvalue weighted by Gasteiger charge is 2.77. The Bertz CT molecular complexity index is 2290. The van der Waals surface area contributed by atoms with E-state index in [0.717, 1.165) is 44.1 Å². The van der Waals surface area contributed by atoms with E-state index in [2.05, 4.69) is 19.2 Å². The second-order valence-electron chi connectivity index (χ2n) is 21.8. The molecule has 5 aliphatic rings. The molecule has 1 saturated carbocycles. The average Bonchev–Trinajstić information content (AvgIpc) is 3.98. The lowest BCUT2D eigenvalue weighted by atomic mass is 9.62. The van der Waals surface area contributed by atoms with E-state index in [-0.39, 0.29) is 38.8 Å². The van der Waals surface area contributed by atoms with Crippen molar-refractivity contribution < 1.29 is 67.1 Å². The van der Waals surface area contributed by atoms with Gasteiger partial charge in [-0.15, -0.1) is 0 Å². The Kier molecular flexibility index (Phi) is 17.4. The number of likely N-dealkylation sites (N-methyl/N-ethyl adjacent to an activating group) is 1. The van der Waals surface area contributed by atoms with Gasteiger partial charge in [0.2, 0.25) is 17.9 Å². The smallest absolute Gasteiger partial charge is 0.348 e. The van der Waals surface area contributed by atoms with Gasteiger partial charge in [-0.1, -0.05) is 108 Å². The number of nitrogens with zero attached hydrogens (tertiary/aromatic N) is 2. The van der Waals surface area contributed by atoms with E-state index in [4.69, 9.17) is 33.3 Å². The zero-order chi connectivity index (χ0) is 52.0. The number of carbonyl (C=O) groups is 6. The maximum Gasteiger partial charge on any atom is 0.348 e. The predicted molar refractivity (Wildman–Crippen MR) is 263 cm³/mol. The number of hydroxylamine groups is 2. The monoisotopic (exact) mass is 1000 g/mol. The highest BCUT2D eigenvalue weighted by molar-refractivity contribution is 5.96. The van der Waals surface area contributed by atoms with E-state index >= 15 is 4.79 Å². The summed E-state index contributed by atoms with van der Waals surface area (Å²) in [7, 11) is 1.54. The zero-order valence-electron chi connectivity index (χ0n) is 43.2. The molecule has 394 valence electrons. The first-order valence-electron chi connectivity index (χ1n) is 25.8. The maximum atomic E-state index is 16.0. The number of rotatable bonds is 23. The molecule has 5 fully saturated rings. The van der Waals surface area contributed by atoms with Gasteiger partial charge in [0.25, 0.3) is 0 Å². The number of esters is 4. The zero-order valence-corrected chi connectivity index (χ0v) is 43.2. The minimum Gasteiger partial charge on any atom is -0.462 e. The van der Waals surface area contributed by atoms with E-state index in [1.54, 1.807) is 65.9 Å². The Morgan fingerprint density at radius 1 is 0.931 bits per heavy atom. The first-order valence-corrected chi connectivity index (χ1v) is 25.8. The highest BCUT2D eigenvalue weighted by Crippen LogP contribution is 2.59. The number of unbranched alkanes of at least 4 members (excludes halogenated alkanes) is 4. The van der Waals surface area contributed by atoms with Gasteiger partial charge < -0.3 is 43.7 Å². The lowest BCUT2D eigenvalue weighted by molar-refractivity contribution is -0.225. The van der Waals surface area contributed by atoms with Gasteiger partial charge in [0.1, 0.15) is 48.1 Å². The van der Waals surface area contributed by atoms with Gasteiger partial charge in [-0.25, -0.2) is 9.59 Å². The van der Waals surface area contributed by atoms with Crippen molar-refractivity contribution in [3.63, 3.8) is 0 Å². The average molecular weight is 1000 g/mol. The van der Waals surface area contributed by atoms with Gasteiger partial charge in [0, 0.05) is 50.6 Å². The van der Waals surface area contributed by atoms with Crippen LogP contribution < -0.4 is 5.32 Å². The molecule has 0 spiro atoms. The van der Waals surface area contributed by atoms with Crippen molar-refractivity contribution >= 4 is 41.8 Å². The molecule has 4 aliphatic heterocycles. The van der Waals surface area contributed by atoms with Crippen molar-refractivity contribution in [3.8, 4) is 0 Å². The number of cyclic esters (lactones) is 1. The Labute approximate surface area is 423 Å². The molecule has 72 heavy (non-hydrogen) atoms. The molecular formula is C55H75N3O14. The van der Waals surface area contributed by atoms with Crippen molar-refractivity contribution in [2.24, 2.45) is 10.8 Å². The Balaban J connectivity index is 1.24. The highest BCUT2D eigenvalue weighted by atomic mass is 16.8. The molecule has 1 aliphatic carbocycles. The van der Waals surface area contributed by atoms with Crippen molar-refractivity contribution in [2.45, 2.75) is 192 Å². The van der Waals surface area contributed by atoms with Crippen LogP contribution in [0.4, 0.5) is 0 Å². The van der Waals surface area contributed by atoms with Crippen LogP contribution in [-0.2, 0) is 75.0 Å². The largest absolute Gasteiger partial charge is 0.462 e. The standard InChI is InChI=1S/C55H75N3O14/c1-9-11-18-28-54(29-19-12-10-2)70-43-40-31-55(51(65)57(8)39(30-35-20-14-13-15-21-35)48(62)56-38(33-59)25-27-42(61)69-52(3,4)5)45(49(63)67-40)58(72-46(55)44(43)71-54)32-37-23-17-16-22-36(37)24-26-41(60)68-47-50(64)66-34-53(47,6)7/h13-17,20-24,26,38-40,43-47,59H,9-12,18-19,25,27-34H2,1-8H3,(H,56,62)/t38-,39+,40+,43-,44-,45-,46+,47-,55-/m0/s1. The van der Waals surface area contributed by atoms with Gasteiger partial charge in [-0.2, -0.15) is 5.06 Å². The van der Waals surface area contributed by atoms with Crippen molar-refractivity contribution in [2.75, 3.05) is 20.3 Å². The third-order valence-electron chi connectivity index (χ3n) is 14.5. The summed E-state index contributed by atoms with van der Waals surface area (Å²) in [6.45, 7) is 12.7. The molecule has 0 unspecified atom stereocenters. The topological polar surface area (TPSA) is 206 Å². The van der Waals surface area contributed by atoms with Crippen LogP contribution in [0.2, 0.25) is 0 Å². The number of fused-ring (bicyclic) bond motifs is 4. The molecule has 4 saturated heterocycles. The lowest BCUT2D eigenvalue weighted by Gasteiger charge is -2.50. The van der Waals surface area contributed by atoms with Crippen LogP contribution in [0.3, 0.4) is 0 Å². The molecule has 9 atom stereocenters. The molecule has 2 bridgehead atoms. The van der Waals surface area contributed by atoms with Crippen LogP contribution in [0.15, 0.2) is 60.7 Å². The molecule has 2 aromatic rings. The minimum atomic E-state index is -1.65. The quantitative estimate of drug-likeness (QED) is 0.0542. The second kappa shape index (κ2) is 22.9. The molecule has 2 aromatic carbocycles. The summed E-state index contributed by atoms with van der Waals surface area (Å²) in [6, 6.07) is 13.1. The summed E-state index contributed by atoms with van der Waals surface area (Å²) >= 11 is 0. The number of aliphatic hydroxyl groups excluding tert-OH is 1. The van der Waals surface area contributed by atoms with Crippen molar-refractivity contribution in [1.82, 2.24) is 15.3 Å². The SMILES string of the molecule is CCCCCC1(CCCCC)O[C@@H]2[C@H](O1)[C@H]1ON(Cc3ccccc3C=CC(=O)O[C@H]3C(=O)OCC3(C)C)[C@H]3C(=O)O[C@@H]2C[C@@]13C(=O)N(C)[C@H](Cc1ccccc1)C(=O)N[C@H](CO)CCC(=O)OC(C)(C)C. The number of benzene rings is 2. The number of hydrogen-bond donors (Lipinski definition) is 2. The molecule has 7 rings (SSSR count). The molecule has 0 radical (unpaired) electrons. The normalized spacial score (nSPS) is 26.8. The number of ether oxygens (including phenoxy) is 6. The Hall–Kier alpha value is -5.20. The first kappa shape index (κ1) is 54.6. The molecule has 17 nitrogen and oxygen atoms in total. The molecule has 17 heteroatoms. The van der Waals surface area contributed by atoms with E-state index in [1.165, 1.54) is 16.0 Å². The Morgan fingerprint density at radius 2 is 1.60 bits per heavy atom. The maximum absolute atomic E-state index is 16.0. The van der Waals surface area contributed by atoms with E-state index < -0.39 is 113 Å². The fraction of sp³-hybridized carbons (Fsp3) is 0.636. The minimum absolute atomic E-state index is 0.0143. The summed E-state index contributed by atoms with van der Waals surface area (Å²) < 4.78 is 36.6. The predicted octanol–water partition coefficient (Wildman–Crippen LogP) is 6.30. The first-order chi connectivity index (χ1) is 34.2. The van der Waals surface area contributed by atoms with Crippen LogP contribution >= 0.6 is 0 Å². The van der Waals surface area contributed by atoms with E-state index in [1.807, 2.05) is 36.4 Å². The van der Waals surface area contributed by atoms with Crippen LogP contribution in [0.1, 0.15) is 136 Å². The summed E-state index contributed by atoms with van der Waals surface area (Å²) in [5, 5.41) is 14.8. The number of aliphatic hydroxyl groups is 1. The van der Waals surface area contributed by atoms with Crippen molar-refractivity contribution in [3.05, 3.63) is 77.4 Å². The molecular weight excluding hydrogens is 927 g/mol. The van der Waals surface area contributed by atoms with Gasteiger partial charge >= 0.3 is 23.9 Å². The number of amides is 2. The van der Waals surface area contributed by atoms with Crippen LogP contribution in [-0.4, -0.2) is 131 Å². The third kappa shape index (κ3) is 12.1. The summed E-state index contributed by atoms with van der Waals surface area (Å²) in [4.78, 5) is 92.1. The number of nitrogens with one attached hydrogen (secondary N) is 1. The van der Waals surface area contributed by atoms with E-state index in [0.29, 0.717) is 24.0 Å². The number of hydrogen-bond acceptors (Lipinski definition) is 15. The van der Waals surface area contributed by atoms with Gasteiger partial charge in [-0.05, 0) is 62.8 Å². The molecule has 2 N–H and O–H groups in total. The van der Waals surface area contributed by atoms with Crippen molar-refractivity contribution in [1.29, 1.82) is 0 Å². The summed E-state index contributed by atoms with van der Waals surface area (Å²) in [5.74, 6) is -4.65. The van der Waals surface area contributed by atoms with E-state index in [9.17, 15) is 29.1 Å².